The molecule has 90 valence electrons. The van der Waals surface area contributed by atoms with E-state index < -0.39 is 0 Å². The van der Waals surface area contributed by atoms with Crippen molar-refractivity contribution in [2.75, 3.05) is 25.0 Å². The molecule has 0 saturated carbocycles. The molecule has 0 fully saturated rings. The molecule has 16 heavy (non-hydrogen) atoms. The van der Waals surface area contributed by atoms with Gasteiger partial charge in [0.25, 0.3) is 0 Å². The van der Waals surface area contributed by atoms with Crippen molar-refractivity contribution in [2.24, 2.45) is 7.05 Å². The van der Waals surface area contributed by atoms with Crippen molar-refractivity contribution >= 4 is 11.7 Å². The van der Waals surface area contributed by atoms with E-state index in [2.05, 4.69) is 10.4 Å². The predicted octanol–water partition coefficient (Wildman–Crippen LogP) is 0.656. The van der Waals surface area contributed by atoms with Gasteiger partial charge in [0.1, 0.15) is 0 Å². The number of aryl methyl sites for hydroxylation is 1. The van der Waals surface area contributed by atoms with Crippen molar-refractivity contribution in [2.45, 2.75) is 13.3 Å². The Morgan fingerprint density at radius 2 is 2.38 bits per heavy atom. The van der Waals surface area contributed by atoms with E-state index in [4.69, 9.17) is 5.11 Å². The van der Waals surface area contributed by atoms with Crippen LogP contribution in [0.4, 0.5) is 10.5 Å². The monoisotopic (exact) mass is 226 g/mol. The molecule has 0 bridgehead atoms. The first-order valence-electron chi connectivity index (χ1n) is 5.32. The average Bonchev–Trinajstić information content (AvgIpc) is 2.63. The summed E-state index contributed by atoms with van der Waals surface area (Å²) in [6.45, 7) is 2.94. The summed E-state index contributed by atoms with van der Waals surface area (Å²) in [5, 5.41) is 15.5. The molecule has 0 atom stereocenters. The Labute approximate surface area is 94.9 Å². The van der Waals surface area contributed by atoms with Crippen molar-refractivity contribution in [1.82, 2.24) is 14.7 Å². The highest BCUT2D eigenvalue weighted by atomic mass is 16.3. The van der Waals surface area contributed by atoms with E-state index in [1.165, 1.54) is 0 Å². The van der Waals surface area contributed by atoms with E-state index in [1.807, 2.05) is 6.92 Å². The van der Waals surface area contributed by atoms with Gasteiger partial charge >= 0.3 is 6.03 Å². The second-order valence-corrected chi connectivity index (χ2v) is 3.54. The second kappa shape index (κ2) is 6.12. The van der Waals surface area contributed by atoms with Crippen LogP contribution in [0, 0.1) is 0 Å². The molecule has 0 spiro atoms. The summed E-state index contributed by atoms with van der Waals surface area (Å²) in [4.78, 5) is 13.3. The Kier molecular flexibility index (Phi) is 4.78. The Hall–Kier alpha value is -1.56. The largest absolute Gasteiger partial charge is 0.395 e. The fourth-order valence-corrected chi connectivity index (χ4v) is 1.39. The molecular formula is C10H18N4O2. The third-order valence-corrected chi connectivity index (χ3v) is 2.11. The van der Waals surface area contributed by atoms with E-state index in [9.17, 15) is 4.79 Å². The van der Waals surface area contributed by atoms with Gasteiger partial charge in [0.2, 0.25) is 0 Å². The number of nitrogens with one attached hydrogen (secondary N) is 1. The summed E-state index contributed by atoms with van der Waals surface area (Å²) in [5.41, 5.74) is 0.659. The molecule has 1 heterocycles. The van der Waals surface area contributed by atoms with Gasteiger partial charge in [-0.15, -0.1) is 0 Å². The van der Waals surface area contributed by atoms with Gasteiger partial charge in [0.05, 0.1) is 18.5 Å². The van der Waals surface area contributed by atoms with Crippen molar-refractivity contribution in [3.8, 4) is 0 Å². The number of urea groups is 1. The maximum atomic E-state index is 11.8. The molecule has 0 saturated heterocycles. The van der Waals surface area contributed by atoms with Crippen LogP contribution in [0.1, 0.15) is 13.3 Å². The van der Waals surface area contributed by atoms with Gasteiger partial charge in [-0.05, 0) is 6.42 Å². The Morgan fingerprint density at radius 3 is 2.88 bits per heavy atom. The van der Waals surface area contributed by atoms with E-state index >= 15 is 0 Å². The minimum absolute atomic E-state index is 0.0273. The summed E-state index contributed by atoms with van der Waals surface area (Å²) < 4.78 is 1.62. The first kappa shape index (κ1) is 12.5. The van der Waals surface area contributed by atoms with Gasteiger partial charge in [-0.1, -0.05) is 6.92 Å². The zero-order chi connectivity index (χ0) is 12.0. The second-order valence-electron chi connectivity index (χ2n) is 3.54. The fraction of sp³-hybridized carbons (Fsp3) is 0.600. The van der Waals surface area contributed by atoms with Crippen molar-refractivity contribution < 1.29 is 9.90 Å². The maximum absolute atomic E-state index is 11.8. The topological polar surface area (TPSA) is 70.4 Å². The molecule has 2 N–H and O–H groups in total. The van der Waals surface area contributed by atoms with E-state index in [-0.39, 0.29) is 12.6 Å². The van der Waals surface area contributed by atoms with Crippen LogP contribution in [0.3, 0.4) is 0 Å². The summed E-state index contributed by atoms with van der Waals surface area (Å²) in [6.07, 6.45) is 4.17. The molecule has 0 aromatic carbocycles. The first-order chi connectivity index (χ1) is 7.67. The van der Waals surface area contributed by atoms with Crippen LogP contribution in [-0.2, 0) is 7.05 Å². The summed E-state index contributed by atoms with van der Waals surface area (Å²) in [5.74, 6) is 0. The molecule has 0 unspecified atom stereocenters. The number of anilines is 1. The standard InChI is InChI=1S/C10H18N4O2/c1-3-4-14(5-6-15)10(16)12-9-7-11-13(2)8-9/h7-8,15H,3-6H2,1-2H3,(H,12,16). The van der Waals surface area contributed by atoms with Crippen molar-refractivity contribution in [1.29, 1.82) is 0 Å². The van der Waals surface area contributed by atoms with Gasteiger partial charge < -0.3 is 15.3 Å². The smallest absolute Gasteiger partial charge is 0.322 e. The number of carbonyl (C=O) groups is 1. The van der Waals surface area contributed by atoms with Gasteiger partial charge in [0.15, 0.2) is 0 Å². The normalized spacial score (nSPS) is 10.2. The van der Waals surface area contributed by atoms with Gasteiger partial charge in [-0.2, -0.15) is 5.10 Å². The van der Waals surface area contributed by atoms with Crippen LogP contribution in [0.15, 0.2) is 12.4 Å². The van der Waals surface area contributed by atoms with E-state index in [0.717, 1.165) is 6.42 Å². The Balaban J connectivity index is 2.54. The minimum Gasteiger partial charge on any atom is -0.395 e. The zero-order valence-corrected chi connectivity index (χ0v) is 9.68. The zero-order valence-electron chi connectivity index (χ0n) is 9.68. The number of rotatable bonds is 5. The number of hydrogen-bond donors (Lipinski definition) is 2. The number of aliphatic hydroxyl groups excluding tert-OH is 1. The van der Waals surface area contributed by atoms with Crippen molar-refractivity contribution in [3.05, 3.63) is 12.4 Å². The molecule has 0 aliphatic rings. The lowest BCUT2D eigenvalue weighted by atomic mass is 10.4. The number of carbonyl (C=O) groups excluding carboxylic acids is 1. The molecule has 1 aromatic heterocycles. The van der Waals surface area contributed by atoms with Crippen LogP contribution in [0.5, 0.6) is 0 Å². The van der Waals surface area contributed by atoms with Gasteiger partial charge in [-0.25, -0.2) is 4.79 Å². The highest BCUT2D eigenvalue weighted by Crippen LogP contribution is 2.05. The van der Waals surface area contributed by atoms with E-state index in [0.29, 0.717) is 18.8 Å². The summed E-state index contributed by atoms with van der Waals surface area (Å²) in [7, 11) is 1.78. The number of aromatic nitrogens is 2. The number of nitrogens with zero attached hydrogens (tertiary/aromatic N) is 3. The van der Waals surface area contributed by atoms with Crippen molar-refractivity contribution in [3.63, 3.8) is 0 Å². The van der Waals surface area contributed by atoms with Crippen LogP contribution < -0.4 is 5.32 Å². The van der Waals surface area contributed by atoms with Crippen LogP contribution in [-0.4, -0.2) is 45.5 Å². The molecule has 1 aromatic rings. The van der Waals surface area contributed by atoms with Crippen LogP contribution >= 0.6 is 0 Å². The average molecular weight is 226 g/mol. The summed E-state index contributed by atoms with van der Waals surface area (Å²) >= 11 is 0. The molecule has 6 heteroatoms. The van der Waals surface area contributed by atoms with Gasteiger partial charge in [0, 0.05) is 26.3 Å². The summed E-state index contributed by atoms with van der Waals surface area (Å²) in [6, 6.07) is -0.205. The third kappa shape index (κ3) is 3.54. The number of amides is 2. The quantitative estimate of drug-likeness (QED) is 0.774. The molecule has 0 aliphatic heterocycles. The van der Waals surface area contributed by atoms with E-state index in [1.54, 1.807) is 29.0 Å². The molecule has 0 aliphatic carbocycles. The predicted molar refractivity (Wildman–Crippen MR) is 61.2 cm³/mol. The van der Waals surface area contributed by atoms with Gasteiger partial charge in [-0.3, -0.25) is 4.68 Å². The van der Waals surface area contributed by atoms with Crippen LogP contribution in [0.25, 0.3) is 0 Å². The Morgan fingerprint density at radius 1 is 1.62 bits per heavy atom. The third-order valence-electron chi connectivity index (χ3n) is 2.11. The fourth-order valence-electron chi connectivity index (χ4n) is 1.39. The highest BCUT2D eigenvalue weighted by Gasteiger charge is 2.12. The molecule has 2 amide bonds. The lowest BCUT2D eigenvalue weighted by Gasteiger charge is -2.20. The molecular weight excluding hydrogens is 208 g/mol. The minimum atomic E-state index is -0.205. The number of aliphatic hydroxyl groups is 1. The maximum Gasteiger partial charge on any atom is 0.322 e. The Bertz CT molecular complexity index is 331. The SMILES string of the molecule is CCCN(CCO)C(=O)Nc1cnn(C)c1. The molecule has 0 radical (unpaired) electrons. The lowest BCUT2D eigenvalue weighted by Crippen LogP contribution is -2.37. The lowest BCUT2D eigenvalue weighted by molar-refractivity contribution is 0.188. The van der Waals surface area contributed by atoms with Crippen LogP contribution in [0.2, 0.25) is 0 Å². The first-order valence-corrected chi connectivity index (χ1v) is 5.32. The highest BCUT2D eigenvalue weighted by molar-refractivity contribution is 5.88. The molecule has 1 rings (SSSR count). The molecule has 6 nitrogen and oxygen atoms in total. The number of hydrogen-bond acceptors (Lipinski definition) is 3.